The van der Waals surface area contributed by atoms with Gasteiger partial charge in [0.2, 0.25) is 0 Å². The van der Waals surface area contributed by atoms with Crippen LogP contribution in [0.4, 0.5) is 5.69 Å². The number of rotatable bonds is 3. The number of pyridine rings is 1. The fourth-order valence-corrected chi connectivity index (χ4v) is 2.06. The number of H-pyrrole nitrogens is 1. The van der Waals surface area contributed by atoms with Crippen molar-refractivity contribution in [2.45, 2.75) is 10.2 Å². The number of aromatic amines is 1. The lowest BCUT2D eigenvalue weighted by atomic mass is 10.3. The second kappa shape index (κ2) is 4.53. The summed E-state index contributed by atoms with van der Waals surface area (Å²) in [4.78, 5) is 26.2. The van der Waals surface area contributed by atoms with Gasteiger partial charge in [0.25, 0.3) is 0 Å². The van der Waals surface area contributed by atoms with Gasteiger partial charge in [-0.15, -0.1) is 5.10 Å². The Morgan fingerprint density at radius 2 is 2.33 bits per heavy atom. The third kappa shape index (κ3) is 2.20. The lowest BCUT2D eigenvalue weighted by molar-refractivity contribution is 0.0692. The molecule has 0 aliphatic carbocycles. The number of carboxylic acid groups (broad SMARTS) is 1. The van der Waals surface area contributed by atoms with E-state index in [1.165, 1.54) is 23.9 Å². The van der Waals surface area contributed by atoms with Crippen LogP contribution in [0.5, 0.6) is 0 Å². The van der Waals surface area contributed by atoms with E-state index in [-0.39, 0.29) is 22.0 Å². The van der Waals surface area contributed by atoms with E-state index in [2.05, 4.69) is 15.2 Å². The van der Waals surface area contributed by atoms with E-state index in [0.717, 1.165) is 11.8 Å². The average Bonchev–Trinajstić information content (AvgIpc) is 2.63. The fourth-order valence-electron chi connectivity index (χ4n) is 1.21. The minimum Gasteiger partial charge on any atom is -0.478 e. The van der Waals surface area contributed by atoms with Crippen LogP contribution in [-0.4, -0.2) is 30.8 Å². The first-order chi connectivity index (χ1) is 8.49. The Balaban J connectivity index is 2.43. The van der Waals surface area contributed by atoms with Gasteiger partial charge in [0, 0.05) is 7.05 Å². The molecule has 94 valence electrons. The Kier molecular flexibility index (Phi) is 3.06. The number of aromatic nitrogens is 4. The van der Waals surface area contributed by atoms with Gasteiger partial charge in [-0.25, -0.2) is 19.7 Å². The molecule has 2 rings (SSSR count). The SMILES string of the molecule is Cn1c(Sc2ncc(N)cc2C(=O)O)n[nH]c1=O. The number of aromatic carboxylic acids is 1. The Morgan fingerprint density at radius 3 is 2.89 bits per heavy atom. The van der Waals surface area contributed by atoms with E-state index >= 15 is 0 Å². The van der Waals surface area contributed by atoms with E-state index in [1.54, 1.807) is 0 Å². The number of nitrogen functional groups attached to an aromatic ring is 1. The number of anilines is 1. The predicted molar refractivity (Wildman–Crippen MR) is 63.6 cm³/mol. The molecular formula is C9H9N5O3S. The number of nitrogens with two attached hydrogens (primary N) is 1. The van der Waals surface area contributed by atoms with Crippen molar-refractivity contribution < 1.29 is 9.90 Å². The van der Waals surface area contributed by atoms with Crippen LogP contribution in [-0.2, 0) is 7.05 Å². The number of hydrogen-bond acceptors (Lipinski definition) is 6. The highest BCUT2D eigenvalue weighted by molar-refractivity contribution is 7.99. The number of carboxylic acids is 1. The molecule has 0 bridgehead atoms. The van der Waals surface area contributed by atoms with Gasteiger partial charge >= 0.3 is 11.7 Å². The summed E-state index contributed by atoms with van der Waals surface area (Å²) in [6.45, 7) is 0. The molecule has 2 aromatic heterocycles. The minimum absolute atomic E-state index is 0.0320. The van der Waals surface area contributed by atoms with E-state index in [9.17, 15) is 9.59 Å². The summed E-state index contributed by atoms with van der Waals surface area (Å²) in [5, 5.41) is 15.6. The molecule has 18 heavy (non-hydrogen) atoms. The summed E-state index contributed by atoms with van der Waals surface area (Å²) >= 11 is 0.972. The first kappa shape index (κ1) is 12.2. The zero-order valence-corrected chi connectivity index (χ0v) is 10.1. The summed E-state index contributed by atoms with van der Waals surface area (Å²) in [5.74, 6) is -1.14. The summed E-state index contributed by atoms with van der Waals surface area (Å²) < 4.78 is 1.26. The Bertz CT molecular complexity index is 662. The summed E-state index contributed by atoms with van der Waals surface area (Å²) in [7, 11) is 1.52. The summed E-state index contributed by atoms with van der Waals surface area (Å²) in [6, 6.07) is 1.31. The second-order valence-corrected chi connectivity index (χ2v) is 4.35. The van der Waals surface area contributed by atoms with Crippen LogP contribution in [0.1, 0.15) is 10.4 Å². The molecule has 0 atom stereocenters. The van der Waals surface area contributed by atoms with E-state index < -0.39 is 5.97 Å². The molecule has 0 radical (unpaired) electrons. The molecule has 8 nitrogen and oxygen atoms in total. The molecule has 0 aliphatic rings. The van der Waals surface area contributed by atoms with Crippen LogP contribution in [0.25, 0.3) is 0 Å². The maximum absolute atomic E-state index is 11.2. The summed E-state index contributed by atoms with van der Waals surface area (Å²) in [6.07, 6.45) is 1.35. The van der Waals surface area contributed by atoms with Gasteiger partial charge in [-0.1, -0.05) is 0 Å². The van der Waals surface area contributed by atoms with Crippen LogP contribution in [0, 0.1) is 0 Å². The van der Waals surface area contributed by atoms with Crippen molar-refractivity contribution in [2.24, 2.45) is 7.05 Å². The maximum atomic E-state index is 11.2. The van der Waals surface area contributed by atoms with Gasteiger partial charge < -0.3 is 10.8 Å². The maximum Gasteiger partial charge on any atom is 0.343 e. The number of hydrogen-bond donors (Lipinski definition) is 3. The van der Waals surface area contributed by atoms with Crippen molar-refractivity contribution >= 4 is 23.4 Å². The Hall–Kier alpha value is -2.29. The van der Waals surface area contributed by atoms with Crippen LogP contribution >= 0.6 is 11.8 Å². The normalized spacial score (nSPS) is 10.5. The lowest BCUT2D eigenvalue weighted by Gasteiger charge is -2.04. The molecule has 0 aromatic carbocycles. The van der Waals surface area contributed by atoms with E-state index in [1.807, 2.05) is 0 Å². The van der Waals surface area contributed by atoms with Crippen LogP contribution in [0.3, 0.4) is 0 Å². The van der Waals surface area contributed by atoms with Crippen LogP contribution in [0.15, 0.2) is 27.2 Å². The lowest BCUT2D eigenvalue weighted by Crippen LogP contribution is -2.13. The first-order valence-electron chi connectivity index (χ1n) is 4.77. The van der Waals surface area contributed by atoms with Crippen LogP contribution < -0.4 is 11.4 Å². The predicted octanol–water partition coefficient (Wildman–Crippen LogP) is -0.0650. The molecule has 0 saturated heterocycles. The highest BCUT2D eigenvalue weighted by atomic mass is 32.2. The third-order valence-corrected chi connectivity index (χ3v) is 3.20. The van der Waals surface area contributed by atoms with Gasteiger partial charge in [0.05, 0.1) is 17.4 Å². The van der Waals surface area contributed by atoms with Gasteiger partial charge in [-0.3, -0.25) is 4.57 Å². The zero-order chi connectivity index (χ0) is 13.3. The molecule has 9 heteroatoms. The topological polar surface area (TPSA) is 127 Å². The zero-order valence-electron chi connectivity index (χ0n) is 9.25. The molecule has 2 heterocycles. The molecule has 0 unspecified atom stereocenters. The van der Waals surface area contributed by atoms with Crippen molar-refractivity contribution in [1.82, 2.24) is 19.7 Å². The largest absolute Gasteiger partial charge is 0.478 e. The van der Waals surface area contributed by atoms with Crippen molar-refractivity contribution in [3.05, 3.63) is 28.3 Å². The Labute approximate surface area is 105 Å². The molecule has 0 aliphatic heterocycles. The second-order valence-electron chi connectivity index (χ2n) is 3.40. The van der Waals surface area contributed by atoms with Gasteiger partial charge in [-0.05, 0) is 17.8 Å². The first-order valence-corrected chi connectivity index (χ1v) is 5.58. The van der Waals surface area contributed by atoms with Crippen molar-refractivity contribution in [3.8, 4) is 0 Å². The van der Waals surface area contributed by atoms with Crippen molar-refractivity contribution in [1.29, 1.82) is 0 Å². The molecule has 0 spiro atoms. The number of carbonyl (C=O) groups is 1. The monoisotopic (exact) mass is 267 g/mol. The van der Waals surface area contributed by atoms with E-state index in [4.69, 9.17) is 10.8 Å². The number of nitrogens with zero attached hydrogens (tertiary/aromatic N) is 3. The van der Waals surface area contributed by atoms with Crippen LogP contribution in [0.2, 0.25) is 0 Å². The van der Waals surface area contributed by atoms with Gasteiger partial charge in [0.1, 0.15) is 5.03 Å². The highest BCUT2D eigenvalue weighted by Crippen LogP contribution is 2.27. The van der Waals surface area contributed by atoms with Gasteiger partial charge in [-0.2, -0.15) is 0 Å². The smallest absolute Gasteiger partial charge is 0.343 e. The van der Waals surface area contributed by atoms with Gasteiger partial charge in [0.15, 0.2) is 5.16 Å². The number of nitrogens with one attached hydrogen (secondary N) is 1. The molecule has 2 aromatic rings. The standard InChI is InChI=1S/C9H9N5O3S/c1-14-8(17)12-13-9(14)18-6-5(7(15)16)2-4(10)3-11-6/h2-3H,10H2,1H3,(H,12,17)(H,15,16). The molecule has 4 N–H and O–H groups in total. The van der Waals surface area contributed by atoms with Crippen molar-refractivity contribution in [3.63, 3.8) is 0 Å². The molecular weight excluding hydrogens is 258 g/mol. The van der Waals surface area contributed by atoms with E-state index in [0.29, 0.717) is 5.16 Å². The molecule has 0 saturated carbocycles. The van der Waals surface area contributed by atoms with Crippen molar-refractivity contribution in [2.75, 3.05) is 5.73 Å². The minimum atomic E-state index is -1.14. The Morgan fingerprint density at radius 1 is 1.61 bits per heavy atom. The molecule has 0 fully saturated rings. The molecule has 0 amide bonds. The summed E-state index contributed by atoms with van der Waals surface area (Å²) in [5.41, 5.74) is 5.32. The quantitative estimate of drug-likeness (QED) is 0.710. The third-order valence-electron chi connectivity index (χ3n) is 2.13. The average molecular weight is 267 g/mol. The highest BCUT2D eigenvalue weighted by Gasteiger charge is 2.16. The fraction of sp³-hybridized carbons (Fsp3) is 0.111.